The number of phenols is 3. The first-order valence-electron chi connectivity index (χ1n) is 3.10. The number of phenolic OH excluding ortho intramolecular Hbond substituents is 3. The second-order valence-electron chi connectivity index (χ2n) is 2.24. The Morgan fingerprint density at radius 2 is 1.79 bits per heavy atom. The molecule has 0 bridgehead atoms. The zero-order valence-corrected chi connectivity index (χ0v) is 7.87. The van der Waals surface area contributed by atoms with E-state index >= 15 is 0 Å². The molecule has 0 heterocycles. The van der Waals surface area contributed by atoms with E-state index in [9.17, 15) is 9.90 Å². The summed E-state index contributed by atoms with van der Waals surface area (Å²) in [5, 5.41) is 36.5. The molecule has 1 aromatic carbocycles. The Labute approximate surface area is 95.7 Å². The van der Waals surface area contributed by atoms with E-state index in [1.54, 1.807) is 0 Å². The Kier molecular flexibility index (Phi) is 4.14. The van der Waals surface area contributed by atoms with Gasteiger partial charge in [-0.3, -0.25) is 0 Å². The number of carbonyl (C=O) groups is 1. The summed E-state index contributed by atoms with van der Waals surface area (Å²) in [7, 11) is 0. The van der Waals surface area contributed by atoms with Gasteiger partial charge in [-0.05, 0) is 6.07 Å². The molecule has 0 saturated heterocycles. The minimum atomic E-state index is -1.66. The van der Waals surface area contributed by atoms with Crippen molar-refractivity contribution in [2.75, 3.05) is 0 Å². The molecule has 0 fully saturated rings. The van der Waals surface area contributed by atoms with Gasteiger partial charge < -0.3 is 25.2 Å². The van der Waals surface area contributed by atoms with Crippen LogP contribution in [0, 0.1) is 0 Å². The van der Waals surface area contributed by atoms with Gasteiger partial charge in [-0.15, -0.1) is 0 Å². The average Bonchev–Trinajstić information content (AvgIpc) is 2.07. The number of carboxylic acid groups (broad SMARTS) is 1. The minimum absolute atomic E-state index is 0. The maximum Gasteiger partial charge on any atom is 1.00 e. The Hall–Kier alpha value is -1.02. The van der Waals surface area contributed by atoms with Crippen LogP contribution in [0.25, 0.3) is 0 Å². The van der Waals surface area contributed by atoms with Crippen LogP contribution >= 0.6 is 11.6 Å². The van der Waals surface area contributed by atoms with Gasteiger partial charge in [0.25, 0.3) is 0 Å². The van der Waals surface area contributed by atoms with Crippen LogP contribution in [-0.2, 0) is 0 Å². The molecule has 0 aliphatic rings. The summed E-state index contributed by atoms with van der Waals surface area (Å²) in [6.45, 7) is 0. The van der Waals surface area contributed by atoms with Gasteiger partial charge in [-0.2, -0.15) is 0 Å². The van der Waals surface area contributed by atoms with Gasteiger partial charge in [0.15, 0.2) is 11.5 Å². The van der Waals surface area contributed by atoms with Crippen LogP contribution in [0.5, 0.6) is 17.2 Å². The molecule has 0 amide bonds. The first-order chi connectivity index (χ1) is 5.95. The molecule has 1 rings (SSSR count). The molecule has 0 radical (unpaired) electrons. The first kappa shape index (κ1) is 13.0. The van der Waals surface area contributed by atoms with Crippen molar-refractivity contribution in [3.63, 3.8) is 0 Å². The minimum Gasteiger partial charge on any atom is -0.545 e. The summed E-state index contributed by atoms with van der Waals surface area (Å²) < 4.78 is 0. The second-order valence-corrected chi connectivity index (χ2v) is 2.62. The third-order valence-electron chi connectivity index (χ3n) is 1.41. The van der Waals surface area contributed by atoms with Crippen LogP contribution < -0.4 is 24.0 Å². The van der Waals surface area contributed by atoms with Crippen LogP contribution in [0.4, 0.5) is 0 Å². The molecule has 14 heavy (non-hydrogen) atoms. The van der Waals surface area contributed by atoms with Gasteiger partial charge in [0, 0.05) is 5.56 Å². The standard InChI is InChI=1S/C7H5ClO5.Li/c8-4-2(7(12)13)1-3(9)5(10)6(4)11;/h1,9-11H,(H,12,13);/q;+1/p-1. The fourth-order valence-electron chi connectivity index (χ4n) is 0.770. The number of aromatic hydroxyl groups is 3. The fourth-order valence-corrected chi connectivity index (χ4v) is 0.991. The molecule has 0 spiro atoms. The molecule has 1 aromatic rings. The zero-order chi connectivity index (χ0) is 10.2. The Morgan fingerprint density at radius 1 is 1.29 bits per heavy atom. The topological polar surface area (TPSA) is 101 Å². The number of hydrogen-bond acceptors (Lipinski definition) is 5. The van der Waals surface area contributed by atoms with Gasteiger partial charge in [-0.1, -0.05) is 11.6 Å². The number of benzene rings is 1. The van der Waals surface area contributed by atoms with Crippen molar-refractivity contribution < 1.29 is 44.1 Å². The van der Waals surface area contributed by atoms with Crippen molar-refractivity contribution >= 4 is 17.6 Å². The predicted octanol–water partition coefficient (Wildman–Crippen LogP) is -3.18. The SMILES string of the molecule is O=C([O-])c1cc(O)c(O)c(O)c1Cl.[Li+]. The number of hydrogen-bond donors (Lipinski definition) is 3. The van der Waals surface area contributed by atoms with E-state index < -0.39 is 33.8 Å². The van der Waals surface area contributed by atoms with E-state index in [-0.39, 0.29) is 18.9 Å². The van der Waals surface area contributed by atoms with E-state index in [1.807, 2.05) is 0 Å². The van der Waals surface area contributed by atoms with E-state index in [2.05, 4.69) is 0 Å². The van der Waals surface area contributed by atoms with Gasteiger partial charge in [0.2, 0.25) is 5.75 Å². The second kappa shape index (κ2) is 4.47. The van der Waals surface area contributed by atoms with Crippen LogP contribution in [0.1, 0.15) is 10.4 Å². The van der Waals surface area contributed by atoms with Gasteiger partial charge >= 0.3 is 18.9 Å². The molecule has 0 atom stereocenters. The largest absolute Gasteiger partial charge is 1.00 e. The Bertz CT molecular complexity index is 379. The van der Waals surface area contributed by atoms with Gasteiger partial charge in [0.1, 0.15) is 0 Å². The molecule has 5 nitrogen and oxygen atoms in total. The van der Waals surface area contributed by atoms with Crippen molar-refractivity contribution in [3.05, 3.63) is 16.7 Å². The third kappa shape index (κ3) is 2.07. The average molecular weight is 210 g/mol. The molecule has 3 N–H and O–H groups in total. The normalized spacial score (nSPS) is 9.21. The van der Waals surface area contributed by atoms with E-state index in [0.717, 1.165) is 0 Å². The molecule has 70 valence electrons. The first-order valence-corrected chi connectivity index (χ1v) is 3.47. The summed E-state index contributed by atoms with van der Waals surface area (Å²) >= 11 is 5.32. The summed E-state index contributed by atoms with van der Waals surface area (Å²) in [5.41, 5.74) is -0.588. The number of rotatable bonds is 1. The number of carbonyl (C=O) groups excluding carboxylic acids is 1. The fraction of sp³-hybridized carbons (Fsp3) is 0. The van der Waals surface area contributed by atoms with Crippen molar-refractivity contribution in [1.82, 2.24) is 0 Å². The summed E-state index contributed by atoms with van der Waals surface area (Å²) in [6, 6.07) is 0.687. The van der Waals surface area contributed by atoms with Crippen molar-refractivity contribution in [3.8, 4) is 17.2 Å². The smallest absolute Gasteiger partial charge is 0.545 e. The van der Waals surface area contributed by atoms with Crippen LogP contribution in [-0.4, -0.2) is 21.3 Å². The van der Waals surface area contributed by atoms with E-state index in [4.69, 9.17) is 26.9 Å². The van der Waals surface area contributed by atoms with Gasteiger partial charge in [-0.25, -0.2) is 0 Å². The van der Waals surface area contributed by atoms with Crippen LogP contribution in [0.15, 0.2) is 6.07 Å². The molecule has 7 heteroatoms. The quantitative estimate of drug-likeness (QED) is 0.335. The van der Waals surface area contributed by atoms with E-state index in [0.29, 0.717) is 6.07 Å². The molecule has 0 aliphatic heterocycles. The third-order valence-corrected chi connectivity index (χ3v) is 1.79. The Balaban J connectivity index is 0.00000169. The number of halogens is 1. The van der Waals surface area contributed by atoms with Crippen LogP contribution in [0.2, 0.25) is 5.02 Å². The monoisotopic (exact) mass is 210 g/mol. The Morgan fingerprint density at radius 3 is 2.21 bits per heavy atom. The maximum absolute atomic E-state index is 10.3. The summed E-state index contributed by atoms with van der Waals surface area (Å²) in [4.78, 5) is 10.3. The molecular formula is C7H4ClLiO5. The number of carboxylic acids is 1. The number of aromatic carboxylic acids is 1. The van der Waals surface area contributed by atoms with Crippen LogP contribution in [0.3, 0.4) is 0 Å². The van der Waals surface area contributed by atoms with Crippen molar-refractivity contribution in [2.45, 2.75) is 0 Å². The molecule has 0 aliphatic carbocycles. The van der Waals surface area contributed by atoms with E-state index in [1.165, 1.54) is 0 Å². The zero-order valence-electron chi connectivity index (χ0n) is 7.11. The molecule has 0 saturated carbocycles. The molecular weight excluding hydrogens is 206 g/mol. The summed E-state index contributed by atoms with van der Waals surface area (Å²) in [5.74, 6) is -4.19. The van der Waals surface area contributed by atoms with Gasteiger partial charge in [0.05, 0.1) is 11.0 Å². The van der Waals surface area contributed by atoms with Crippen molar-refractivity contribution in [1.29, 1.82) is 0 Å². The molecule has 0 aromatic heterocycles. The maximum atomic E-state index is 10.3. The van der Waals surface area contributed by atoms with Crippen molar-refractivity contribution in [2.24, 2.45) is 0 Å². The predicted molar refractivity (Wildman–Crippen MR) is 40.8 cm³/mol. The summed E-state index contributed by atoms with van der Waals surface area (Å²) in [6.07, 6.45) is 0. The molecule has 0 unspecified atom stereocenters.